The van der Waals surface area contributed by atoms with Gasteiger partial charge in [-0.25, -0.2) is 4.79 Å². The molecule has 1 aliphatic rings. The van der Waals surface area contributed by atoms with Gasteiger partial charge in [0.1, 0.15) is 5.58 Å². The Kier molecular flexibility index (Phi) is 5.34. The molecular formula is C52H28O2. The van der Waals surface area contributed by atoms with Crippen molar-refractivity contribution >= 4 is 108 Å². The molecule has 0 unspecified atom stereocenters. The van der Waals surface area contributed by atoms with E-state index in [0.717, 1.165) is 32.8 Å². The summed E-state index contributed by atoms with van der Waals surface area (Å²) in [6.07, 6.45) is 0.538. The van der Waals surface area contributed by atoms with E-state index >= 15 is 0 Å². The second-order valence-corrected chi connectivity index (χ2v) is 15.0. The van der Waals surface area contributed by atoms with Gasteiger partial charge in [0.05, 0.1) is 5.56 Å². The second-order valence-electron chi connectivity index (χ2n) is 15.0. The van der Waals surface area contributed by atoms with Crippen molar-refractivity contribution in [2.45, 2.75) is 6.42 Å². The first kappa shape index (κ1) is 28.5. The Balaban J connectivity index is 1.31. The average Bonchev–Trinajstić information content (AvgIpc) is 3.63. The maximum atomic E-state index is 14.1. The standard InChI is InChI=1S/C52H28O2/c53-52-40-27-37-24-23-35-20-18-33-16-14-31-12-10-29-6-2-4-8-39(29)43(31)45(33)47(35)49(37)50(40)51-41(54-52)26-25-36-22-21-34-19-17-32-15-13-30-11-9-28-5-1-3-7-38(28)42(30)44(32)46(34)48(36)51/h1-26H,27H2. The summed E-state index contributed by atoms with van der Waals surface area (Å²) in [6.45, 7) is 0. The van der Waals surface area contributed by atoms with E-state index in [1.807, 2.05) is 6.07 Å². The first-order valence-electron chi connectivity index (χ1n) is 18.7. The Bertz CT molecular complexity index is 3750. The zero-order valence-electron chi connectivity index (χ0n) is 29.0. The van der Waals surface area contributed by atoms with Crippen LogP contribution in [0.4, 0.5) is 0 Å². The van der Waals surface area contributed by atoms with E-state index in [-0.39, 0.29) is 5.63 Å². The van der Waals surface area contributed by atoms with Gasteiger partial charge in [-0.3, -0.25) is 0 Å². The van der Waals surface area contributed by atoms with Gasteiger partial charge in [0.15, 0.2) is 0 Å². The molecular weight excluding hydrogens is 657 g/mol. The van der Waals surface area contributed by atoms with Crippen molar-refractivity contribution in [1.82, 2.24) is 0 Å². The number of fused-ring (bicyclic) bond motifs is 23. The molecule has 0 bridgehead atoms. The molecule has 0 saturated carbocycles. The minimum atomic E-state index is -0.252. The normalized spacial score (nSPS) is 12.8. The largest absolute Gasteiger partial charge is 0.422 e. The lowest BCUT2D eigenvalue weighted by Gasteiger charge is -2.17. The van der Waals surface area contributed by atoms with Gasteiger partial charge in [0, 0.05) is 22.8 Å². The summed E-state index contributed by atoms with van der Waals surface area (Å²) in [5.74, 6) is 0. The van der Waals surface area contributed by atoms with Crippen molar-refractivity contribution in [3.63, 3.8) is 0 Å². The van der Waals surface area contributed by atoms with Crippen LogP contribution < -0.4 is 5.63 Å². The molecule has 13 rings (SSSR count). The van der Waals surface area contributed by atoms with Crippen molar-refractivity contribution in [3.05, 3.63) is 179 Å². The highest BCUT2D eigenvalue weighted by molar-refractivity contribution is 6.37. The van der Waals surface area contributed by atoms with Gasteiger partial charge in [-0.15, -0.1) is 0 Å². The molecule has 2 heteroatoms. The molecule has 11 aromatic carbocycles. The minimum absolute atomic E-state index is 0.252. The summed E-state index contributed by atoms with van der Waals surface area (Å²) >= 11 is 0. The molecule has 248 valence electrons. The van der Waals surface area contributed by atoms with Crippen molar-refractivity contribution in [2.24, 2.45) is 0 Å². The topological polar surface area (TPSA) is 30.2 Å². The molecule has 54 heavy (non-hydrogen) atoms. The molecule has 0 amide bonds. The fourth-order valence-electron chi connectivity index (χ4n) is 10.1. The summed E-state index contributed by atoms with van der Waals surface area (Å²) in [5, 5.41) is 22.7. The highest BCUT2D eigenvalue weighted by Crippen LogP contribution is 2.51. The lowest BCUT2D eigenvalue weighted by molar-refractivity contribution is 0.555. The summed E-state index contributed by atoms with van der Waals surface area (Å²) in [4.78, 5) is 14.1. The molecule has 1 aliphatic carbocycles. The summed E-state index contributed by atoms with van der Waals surface area (Å²) in [6, 6.07) is 57.4. The Morgan fingerprint density at radius 1 is 0.333 bits per heavy atom. The average molecular weight is 685 g/mol. The highest BCUT2D eigenvalue weighted by Gasteiger charge is 2.30. The van der Waals surface area contributed by atoms with E-state index < -0.39 is 0 Å². The molecule has 0 N–H and O–H groups in total. The third-order valence-electron chi connectivity index (χ3n) is 12.4. The van der Waals surface area contributed by atoms with E-state index in [4.69, 9.17) is 4.42 Å². The zero-order chi connectivity index (χ0) is 35.2. The Morgan fingerprint density at radius 3 is 1.28 bits per heavy atom. The van der Waals surface area contributed by atoms with Crippen LogP contribution in [-0.4, -0.2) is 0 Å². The Labute approximate surface area is 308 Å². The fourth-order valence-corrected chi connectivity index (χ4v) is 10.1. The summed E-state index contributed by atoms with van der Waals surface area (Å²) < 4.78 is 6.33. The maximum absolute atomic E-state index is 14.1. The van der Waals surface area contributed by atoms with Gasteiger partial charge in [0.25, 0.3) is 0 Å². The quantitative estimate of drug-likeness (QED) is 0.118. The van der Waals surface area contributed by atoms with E-state index in [2.05, 4.69) is 152 Å². The van der Waals surface area contributed by atoms with Crippen molar-refractivity contribution in [2.75, 3.05) is 0 Å². The first-order valence-corrected chi connectivity index (χ1v) is 18.7. The van der Waals surface area contributed by atoms with Gasteiger partial charge in [0.2, 0.25) is 0 Å². The number of hydrogen-bond acceptors (Lipinski definition) is 2. The van der Waals surface area contributed by atoms with E-state index in [1.54, 1.807) is 0 Å². The molecule has 12 aromatic rings. The Morgan fingerprint density at radius 2 is 0.722 bits per heavy atom. The zero-order valence-corrected chi connectivity index (χ0v) is 29.0. The van der Waals surface area contributed by atoms with Crippen LogP contribution in [-0.2, 0) is 6.42 Å². The van der Waals surface area contributed by atoms with Crippen molar-refractivity contribution in [1.29, 1.82) is 0 Å². The van der Waals surface area contributed by atoms with Crippen LogP contribution in [0.3, 0.4) is 0 Å². The van der Waals surface area contributed by atoms with Crippen LogP contribution in [0.2, 0.25) is 0 Å². The molecule has 0 aliphatic heterocycles. The van der Waals surface area contributed by atoms with Gasteiger partial charge in [-0.2, -0.15) is 0 Å². The van der Waals surface area contributed by atoms with Crippen LogP contribution in [0.1, 0.15) is 11.1 Å². The molecule has 2 nitrogen and oxygen atoms in total. The van der Waals surface area contributed by atoms with Crippen molar-refractivity contribution < 1.29 is 4.42 Å². The SMILES string of the molecule is O=c1oc2ccc3ccc4ccc5ccc6ccc7ccccc7c6c5c4c3c2c2c1Cc1ccc3ccc4ccc5ccc6ccccc6c5c4c3c1-2. The summed E-state index contributed by atoms with van der Waals surface area (Å²) in [7, 11) is 0. The van der Waals surface area contributed by atoms with Gasteiger partial charge < -0.3 is 4.42 Å². The molecule has 0 radical (unpaired) electrons. The minimum Gasteiger partial charge on any atom is -0.422 e. The van der Waals surface area contributed by atoms with Gasteiger partial charge in [-0.05, 0) is 109 Å². The smallest absolute Gasteiger partial charge is 0.340 e. The van der Waals surface area contributed by atoms with E-state index in [9.17, 15) is 4.79 Å². The number of rotatable bonds is 0. The predicted molar refractivity (Wildman–Crippen MR) is 228 cm³/mol. The van der Waals surface area contributed by atoms with Gasteiger partial charge >= 0.3 is 5.63 Å². The van der Waals surface area contributed by atoms with Crippen LogP contribution in [0.15, 0.2) is 167 Å². The molecule has 0 atom stereocenters. The summed E-state index contributed by atoms with van der Waals surface area (Å²) in [5.41, 5.74) is 4.46. The lowest BCUT2D eigenvalue weighted by atomic mass is 9.86. The molecule has 1 aromatic heterocycles. The van der Waals surface area contributed by atoms with Crippen LogP contribution in [0.5, 0.6) is 0 Å². The lowest BCUT2D eigenvalue weighted by Crippen LogP contribution is -2.06. The van der Waals surface area contributed by atoms with E-state index in [1.165, 1.54) is 91.7 Å². The monoisotopic (exact) mass is 684 g/mol. The Hall–Kier alpha value is -7.03. The molecule has 0 fully saturated rings. The molecule has 1 heterocycles. The van der Waals surface area contributed by atoms with Crippen LogP contribution in [0.25, 0.3) is 119 Å². The highest BCUT2D eigenvalue weighted by atomic mass is 16.4. The number of benzene rings is 11. The molecule has 0 saturated heterocycles. The number of hydrogen-bond donors (Lipinski definition) is 0. The maximum Gasteiger partial charge on any atom is 0.340 e. The van der Waals surface area contributed by atoms with Crippen LogP contribution >= 0.6 is 0 Å². The second kappa shape index (κ2) is 10.1. The van der Waals surface area contributed by atoms with Crippen molar-refractivity contribution in [3.8, 4) is 11.1 Å². The fraction of sp³-hybridized carbons (Fsp3) is 0.0192. The third kappa shape index (κ3) is 3.57. The van der Waals surface area contributed by atoms with Gasteiger partial charge in [-0.1, -0.05) is 152 Å². The van der Waals surface area contributed by atoms with E-state index in [0.29, 0.717) is 12.0 Å². The van der Waals surface area contributed by atoms with Crippen LogP contribution in [0, 0.1) is 0 Å². The predicted octanol–water partition coefficient (Wildman–Crippen LogP) is 13.7. The first-order chi connectivity index (χ1) is 26.7. The third-order valence-corrected chi connectivity index (χ3v) is 12.4. The molecule has 0 spiro atoms.